The summed E-state index contributed by atoms with van der Waals surface area (Å²) in [6.45, 7) is 0. The molecule has 1 amide bonds. The normalized spacial score (nSPS) is 11.5. The Labute approximate surface area is 77.5 Å². The van der Waals surface area contributed by atoms with Crippen LogP contribution in [0.1, 0.15) is 10.4 Å². The van der Waals surface area contributed by atoms with Crippen molar-refractivity contribution < 1.29 is 13.2 Å². The van der Waals surface area contributed by atoms with Gasteiger partial charge in [0.15, 0.2) is 14.0 Å². The molecule has 0 aliphatic rings. The van der Waals surface area contributed by atoms with E-state index in [9.17, 15) is 18.0 Å². The first-order chi connectivity index (χ1) is 5.84. The lowest BCUT2D eigenvalue weighted by Crippen LogP contribution is -2.22. The number of primary amides is 1. The maximum atomic E-state index is 11.0. The Morgan fingerprint density at radius 2 is 2.08 bits per heavy atom. The van der Waals surface area contributed by atoms with E-state index >= 15 is 0 Å². The largest absolute Gasteiger partial charge is 0.365 e. The van der Waals surface area contributed by atoms with Gasteiger partial charge in [-0.15, -0.1) is 0 Å². The van der Waals surface area contributed by atoms with Gasteiger partial charge in [-0.3, -0.25) is 14.0 Å². The molecule has 0 fully saturated rings. The fourth-order valence-corrected chi connectivity index (χ4v) is 2.64. The molecule has 0 radical (unpaired) electrons. The standard InChI is InChI=1S/C5H6N2O4S2/c1-13(10,11)5-2(3(6)8)4(9)7-12-5/h1H3,(H2,6,8)(H,7,9). The molecule has 0 unspecified atom stereocenters. The van der Waals surface area contributed by atoms with Crippen molar-refractivity contribution >= 4 is 27.3 Å². The Balaban J connectivity index is 3.59. The fraction of sp³-hybridized carbons (Fsp3) is 0.200. The molecule has 13 heavy (non-hydrogen) atoms. The van der Waals surface area contributed by atoms with Crippen molar-refractivity contribution in [1.82, 2.24) is 4.37 Å². The van der Waals surface area contributed by atoms with Crippen molar-refractivity contribution in [2.45, 2.75) is 4.21 Å². The summed E-state index contributed by atoms with van der Waals surface area (Å²) in [5, 5.41) is 0. The van der Waals surface area contributed by atoms with Crippen molar-refractivity contribution in [1.29, 1.82) is 0 Å². The van der Waals surface area contributed by atoms with Crippen LogP contribution in [0.5, 0.6) is 0 Å². The number of sulfone groups is 1. The summed E-state index contributed by atoms with van der Waals surface area (Å²) in [7, 11) is -3.57. The topological polar surface area (TPSA) is 110 Å². The number of hydrogen-bond acceptors (Lipinski definition) is 5. The highest BCUT2D eigenvalue weighted by Crippen LogP contribution is 2.15. The minimum absolute atomic E-state index is 0.315. The third-order valence-corrected chi connectivity index (χ3v) is 3.96. The lowest BCUT2D eigenvalue weighted by molar-refractivity contribution is 0.0996. The monoisotopic (exact) mass is 222 g/mol. The Morgan fingerprint density at radius 3 is 2.38 bits per heavy atom. The zero-order valence-corrected chi connectivity index (χ0v) is 8.16. The van der Waals surface area contributed by atoms with Gasteiger partial charge in [0.25, 0.3) is 11.5 Å². The second-order valence-electron chi connectivity index (χ2n) is 2.33. The van der Waals surface area contributed by atoms with Crippen molar-refractivity contribution in [3.05, 3.63) is 15.9 Å². The van der Waals surface area contributed by atoms with Crippen LogP contribution in [-0.4, -0.2) is 25.0 Å². The third-order valence-electron chi connectivity index (χ3n) is 1.25. The van der Waals surface area contributed by atoms with Crippen molar-refractivity contribution in [2.75, 3.05) is 6.26 Å². The summed E-state index contributed by atoms with van der Waals surface area (Å²) >= 11 is 0.585. The van der Waals surface area contributed by atoms with Gasteiger partial charge < -0.3 is 5.73 Å². The molecule has 0 atom stereocenters. The number of H-pyrrole nitrogens is 1. The first-order valence-electron chi connectivity index (χ1n) is 3.05. The molecule has 0 aromatic carbocycles. The van der Waals surface area contributed by atoms with Crippen LogP contribution in [0.3, 0.4) is 0 Å². The molecule has 1 heterocycles. The molecule has 0 aliphatic carbocycles. The highest BCUT2D eigenvalue weighted by molar-refractivity contribution is 7.92. The Bertz CT molecular complexity index is 495. The maximum absolute atomic E-state index is 11.0. The Hall–Kier alpha value is -1.15. The number of nitrogens with one attached hydrogen (secondary N) is 1. The third kappa shape index (κ3) is 1.78. The van der Waals surface area contributed by atoms with Crippen molar-refractivity contribution in [3.63, 3.8) is 0 Å². The molecule has 3 N–H and O–H groups in total. The molecular formula is C5H6N2O4S2. The predicted octanol–water partition coefficient (Wildman–Crippen LogP) is -1.06. The lowest BCUT2D eigenvalue weighted by Gasteiger charge is -1.92. The lowest BCUT2D eigenvalue weighted by atomic mass is 10.3. The number of aromatic nitrogens is 1. The highest BCUT2D eigenvalue weighted by atomic mass is 32.2. The zero-order valence-electron chi connectivity index (χ0n) is 6.53. The maximum Gasteiger partial charge on any atom is 0.272 e. The van der Waals surface area contributed by atoms with Gasteiger partial charge in [-0.1, -0.05) is 0 Å². The van der Waals surface area contributed by atoms with Gasteiger partial charge in [-0.2, -0.15) is 0 Å². The highest BCUT2D eigenvalue weighted by Gasteiger charge is 2.23. The average Bonchev–Trinajstić information content (AvgIpc) is 2.28. The van der Waals surface area contributed by atoms with E-state index in [1.807, 2.05) is 0 Å². The summed E-state index contributed by atoms with van der Waals surface area (Å²) in [4.78, 5) is 21.6. The minimum atomic E-state index is -3.57. The number of carbonyl (C=O) groups excluding carboxylic acids is 1. The molecule has 0 saturated heterocycles. The van der Waals surface area contributed by atoms with E-state index in [4.69, 9.17) is 5.73 Å². The van der Waals surface area contributed by atoms with Gasteiger partial charge in [0.2, 0.25) is 0 Å². The quantitative estimate of drug-likeness (QED) is 0.664. The van der Waals surface area contributed by atoms with Gasteiger partial charge in [0.05, 0.1) is 0 Å². The summed E-state index contributed by atoms with van der Waals surface area (Å²) in [6.07, 6.45) is 0.901. The number of rotatable bonds is 2. The molecule has 1 rings (SSSR count). The van der Waals surface area contributed by atoms with E-state index in [1.165, 1.54) is 0 Å². The predicted molar refractivity (Wildman–Crippen MR) is 46.6 cm³/mol. The molecule has 1 aromatic rings. The second kappa shape index (κ2) is 2.96. The SMILES string of the molecule is CS(=O)(=O)c1s[nH]c(=O)c1C(N)=O. The Morgan fingerprint density at radius 1 is 1.54 bits per heavy atom. The molecule has 6 nitrogen and oxygen atoms in total. The van der Waals surface area contributed by atoms with Gasteiger partial charge in [-0.25, -0.2) is 8.42 Å². The molecule has 0 saturated carbocycles. The van der Waals surface area contributed by atoms with Crippen molar-refractivity contribution in [3.8, 4) is 0 Å². The van der Waals surface area contributed by atoms with E-state index in [2.05, 4.69) is 4.37 Å². The fourth-order valence-electron chi connectivity index (χ4n) is 0.761. The van der Waals surface area contributed by atoms with Crippen LogP contribution >= 0.6 is 11.5 Å². The summed E-state index contributed by atoms with van der Waals surface area (Å²) in [5.74, 6) is -1.04. The number of aromatic amines is 1. The molecule has 1 aromatic heterocycles. The number of amides is 1. The number of carbonyl (C=O) groups is 1. The summed E-state index contributed by atoms with van der Waals surface area (Å²) < 4.78 is 23.8. The minimum Gasteiger partial charge on any atom is -0.365 e. The number of nitrogens with two attached hydrogens (primary N) is 1. The molecule has 0 aliphatic heterocycles. The second-order valence-corrected chi connectivity index (χ2v) is 5.36. The average molecular weight is 222 g/mol. The van der Waals surface area contributed by atoms with Crippen molar-refractivity contribution in [2.24, 2.45) is 5.73 Å². The van der Waals surface area contributed by atoms with E-state index in [0.717, 1.165) is 6.26 Å². The Kier molecular flexibility index (Phi) is 2.26. The van der Waals surface area contributed by atoms with Gasteiger partial charge in [-0.05, 0) is 11.5 Å². The van der Waals surface area contributed by atoms with Crippen LogP contribution in [0.2, 0.25) is 0 Å². The zero-order chi connectivity index (χ0) is 10.2. The smallest absolute Gasteiger partial charge is 0.272 e. The molecule has 0 spiro atoms. The van der Waals surface area contributed by atoms with Crippen LogP contribution in [0.25, 0.3) is 0 Å². The molecule has 0 bridgehead atoms. The van der Waals surface area contributed by atoms with E-state index in [-0.39, 0.29) is 4.21 Å². The number of hydrogen-bond donors (Lipinski definition) is 2. The van der Waals surface area contributed by atoms with Gasteiger partial charge in [0.1, 0.15) is 5.56 Å². The van der Waals surface area contributed by atoms with Crippen LogP contribution in [0, 0.1) is 0 Å². The van der Waals surface area contributed by atoms with Crippen LogP contribution < -0.4 is 11.3 Å². The van der Waals surface area contributed by atoms with Crippen LogP contribution in [-0.2, 0) is 9.84 Å². The molecular weight excluding hydrogens is 216 g/mol. The van der Waals surface area contributed by atoms with Gasteiger partial charge in [0, 0.05) is 6.26 Å². The molecule has 72 valence electrons. The summed E-state index contributed by atoms with van der Waals surface area (Å²) in [6, 6.07) is 0. The summed E-state index contributed by atoms with van der Waals surface area (Å²) in [5.41, 5.74) is 3.58. The van der Waals surface area contributed by atoms with E-state index < -0.39 is 26.9 Å². The first-order valence-corrected chi connectivity index (χ1v) is 5.76. The van der Waals surface area contributed by atoms with E-state index in [1.54, 1.807) is 0 Å². The van der Waals surface area contributed by atoms with Crippen LogP contribution in [0.15, 0.2) is 9.00 Å². The first kappa shape index (κ1) is 9.93. The molecule has 8 heteroatoms. The van der Waals surface area contributed by atoms with E-state index in [0.29, 0.717) is 11.5 Å². The van der Waals surface area contributed by atoms with Gasteiger partial charge >= 0.3 is 0 Å². The van der Waals surface area contributed by atoms with Crippen LogP contribution in [0.4, 0.5) is 0 Å².